The molecule has 0 radical (unpaired) electrons. The van der Waals surface area contributed by atoms with Crippen LogP contribution in [0.15, 0.2) is 33.9 Å². The lowest BCUT2D eigenvalue weighted by molar-refractivity contribution is -0.139. The average molecular weight is 315 g/mol. The van der Waals surface area contributed by atoms with E-state index in [1.165, 1.54) is 6.92 Å². The van der Waals surface area contributed by atoms with Gasteiger partial charge in [0.25, 0.3) is 11.1 Å². The number of halogens is 3. The molecular weight excluding hydrogens is 299 g/mol. The Bertz CT molecular complexity index is 764. The van der Waals surface area contributed by atoms with Crippen molar-refractivity contribution >= 4 is 10.8 Å². The molecule has 8 heteroatoms. The summed E-state index contributed by atoms with van der Waals surface area (Å²) in [4.78, 5) is 24.0. The van der Waals surface area contributed by atoms with Crippen LogP contribution in [0.2, 0.25) is 0 Å². The molecule has 1 aromatic carbocycles. The van der Waals surface area contributed by atoms with E-state index in [2.05, 4.69) is 10.4 Å². The van der Waals surface area contributed by atoms with Gasteiger partial charge >= 0.3 is 6.18 Å². The fraction of sp³-hybridized carbons (Fsp3) is 0.429. The van der Waals surface area contributed by atoms with Gasteiger partial charge in [0.2, 0.25) is 0 Å². The molecule has 0 amide bonds. The zero-order valence-corrected chi connectivity index (χ0v) is 11.9. The second-order valence-electron chi connectivity index (χ2n) is 5.12. The number of hydrogen-bond acceptors (Lipinski definition) is 3. The molecular formula is C14H16F3N3O2. The smallest absolute Gasteiger partial charge is 0.312 e. The number of fused-ring (bicyclic) bond motifs is 1. The van der Waals surface area contributed by atoms with E-state index >= 15 is 0 Å². The van der Waals surface area contributed by atoms with Gasteiger partial charge in [-0.2, -0.15) is 13.2 Å². The van der Waals surface area contributed by atoms with Crippen LogP contribution in [0, 0.1) is 0 Å². The average Bonchev–Trinajstić information content (AvgIpc) is 2.42. The Kier molecular flexibility index (Phi) is 4.70. The molecule has 1 unspecified atom stereocenters. The highest BCUT2D eigenvalue weighted by atomic mass is 19.4. The van der Waals surface area contributed by atoms with Gasteiger partial charge in [0.15, 0.2) is 0 Å². The van der Waals surface area contributed by atoms with Gasteiger partial charge in [-0.05, 0) is 19.1 Å². The number of aromatic amines is 1. The van der Waals surface area contributed by atoms with Crippen LogP contribution in [0.5, 0.6) is 0 Å². The first kappa shape index (κ1) is 16.3. The second-order valence-corrected chi connectivity index (χ2v) is 5.12. The van der Waals surface area contributed by atoms with E-state index in [-0.39, 0.29) is 24.0 Å². The van der Waals surface area contributed by atoms with Gasteiger partial charge in [-0.3, -0.25) is 14.7 Å². The third-order valence-corrected chi connectivity index (χ3v) is 3.25. The van der Waals surface area contributed by atoms with E-state index in [1.807, 2.05) is 0 Å². The molecule has 0 aliphatic carbocycles. The molecule has 0 spiro atoms. The van der Waals surface area contributed by atoms with Crippen LogP contribution >= 0.6 is 0 Å². The lowest BCUT2D eigenvalue weighted by Gasteiger charge is -2.16. The first-order valence-corrected chi connectivity index (χ1v) is 6.80. The lowest BCUT2D eigenvalue weighted by Crippen LogP contribution is -2.37. The van der Waals surface area contributed by atoms with Gasteiger partial charge in [-0.1, -0.05) is 12.1 Å². The van der Waals surface area contributed by atoms with Crippen molar-refractivity contribution in [2.24, 2.45) is 0 Å². The van der Waals surface area contributed by atoms with E-state index in [0.717, 1.165) is 4.68 Å². The van der Waals surface area contributed by atoms with E-state index in [1.54, 1.807) is 24.3 Å². The number of nitrogens with one attached hydrogen (secondary N) is 2. The number of aromatic nitrogens is 2. The van der Waals surface area contributed by atoms with Crippen LogP contribution in [0.3, 0.4) is 0 Å². The molecule has 1 aromatic heterocycles. The van der Waals surface area contributed by atoms with Crippen LogP contribution < -0.4 is 16.4 Å². The number of hydrogen-bond donors (Lipinski definition) is 2. The van der Waals surface area contributed by atoms with Crippen molar-refractivity contribution < 1.29 is 13.2 Å². The van der Waals surface area contributed by atoms with E-state index in [0.29, 0.717) is 5.39 Å². The zero-order chi connectivity index (χ0) is 16.3. The Morgan fingerprint density at radius 2 is 1.86 bits per heavy atom. The third-order valence-electron chi connectivity index (χ3n) is 3.25. The molecule has 0 bridgehead atoms. The van der Waals surface area contributed by atoms with Crippen molar-refractivity contribution in [2.75, 3.05) is 6.54 Å². The minimum atomic E-state index is -4.24. The molecule has 1 heterocycles. The minimum Gasteiger partial charge on any atom is -0.312 e. The molecule has 0 aliphatic heterocycles. The first-order chi connectivity index (χ1) is 10.3. The zero-order valence-electron chi connectivity index (χ0n) is 11.9. The normalized spacial score (nSPS) is 13.5. The summed E-state index contributed by atoms with van der Waals surface area (Å²) in [5, 5.41) is 5.69. The summed E-state index contributed by atoms with van der Waals surface area (Å²) in [5.74, 6) is 0. The fourth-order valence-electron chi connectivity index (χ4n) is 2.25. The van der Waals surface area contributed by atoms with E-state index in [9.17, 15) is 22.8 Å². The summed E-state index contributed by atoms with van der Waals surface area (Å²) in [6, 6.07) is 5.63. The highest BCUT2D eigenvalue weighted by molar-refractivity contribution is 5.80. The van der Waals surface area contributed by atoms with Crippen LogP contribution in [-0.4, -0.2) is 28.5 Å². The Balaban J connectivity index is 2.08. The van der Waals surface area contributed by atoms with Crippen molar-refractivity contribution in [3.63, 3.8) is 0 Å². The maximum Gasteiger partial charge on any atom is 0.390 e. The third kappa shape index (κ3) is 3.97. The van der Waals surface area contributed by atoms with Gasteiger partial charge in [-0.15, -0.1) is 0 Å². The Labute approximate surface area is 123 Å². The number of H-pyrrole nitrogens is 1. The van der Waals surface area contributed by atoms with Crippen LogP contribution in [-0.2, 0) is 6.54 Å². The highest BCUT2D eigenvalue weighted by Crippen LogP contribution is 2.21. The Morgan fingerprint density at radius 3 is 2.50 bits per heavy atom. The van der Waals surface area contributed by atoms with Crippen LogP contribution in [0.25, 0.3) is 10.8 Å². The summed E-state index contributed by atoms with van der Waals surface area (Å²) in [6.45, 7) is 1.64. The van der Waals surface area contributed by atoms with Crippen LogP contribution in [0.4, 0.5) is 13.2 Å². The number of rotatable bonds is 5. The summed E-state index contributed by atoms with van der Waals surface area (Å²) in [5.41, 5.74) is -0.779. The molecule has 2 rings (SSSR count). The molecule has 0 saturated heterocycles. The molecule has 5 nitrogen and oxygen atoms in total. The SMILES string of the molecule is CC(CC(F)(F)F)NCCn1[nH]c(=O)c2ccccc2c1=O. The standard InChI is InChI=1S/C14H16F3N3O2/c1-9(8-14(15,16)17)18-6-7-20-13(22)11-5-3-2-4-10(11)12(21)19-20/h2-5,9,18H,6-8H2,1H3,(H,19,21). The fourth-order valence-corrected chi connectivity index (χ4v) is 2.25. The maximum atomic E-state index is 12.2. The van der Waals surface area contributed by atoms with Crippen molar-refractivity contribution in [3.8, 4) is 0 Å². The molecule has 120 valence electrons. The van der Waals surface area contributed by atoms with Gasteiger partial charge in [-0.25, -0.2) is 4.68 Å². The second kappa shape index (κ2) is 6.35. The minimum absolute atomic E-state index is 0.0844. The van der Waals surface area contributed by atoms with Gasteiger partial charge < -0.3 is 5.32 Å². The molecule has 2 aromatic rings. The quantitative estimate of drug-likeness (QED) is 0.881. The highest BCUT2D eigenvalue weighted by Gasteiger charge is 2.29. The number of benzene rings is 1. The Morgan fingerprint density at radius 1 is 1.23 bits per heavy atom. The predicted octanol–water partition coefficient (Wildman–Crippen LogP) is 1.62. The lowest BCUT2D eigenvalue weighted by atomic mass is 10.2. The van der Waals surface area contributed by atoms with E-state index in [4.69, 9.17) is 0 Å². The van der Waals surface area contributed by atoms with E-state index < -0.39 is 24.2 Å². The largest absolute Gasteiger partial charge is 0.390 e. The van der Waals surface area contributed by atoms with Crippen molar-refractivity contribution in [2.45, 2.75) is 32.1 Å². The van der Waals surface area contributed by atoms with Gasteiger partial charge in [0, 0.05) is 12.6 Å². The van der Waals surface area contributed by atoms with Crippen molar-refractivity contribution in [1.29, 1.82) is 0 Å². The topological polar surface area (TPSA) is 66.9 Å². The first-order valence-electron chi connectivity index (χ1n) is 6.80. The van der Waals surface area contributed by atoms with Crippen molar-refractivity contribution in [1.82, 2.24) is 15.1 Å². The molecule has 2 N–H and O–H groups in total. The molecule has 1 atom stereocenters. The molecule has 0 fully saturated rings. The number of alkyl halides is 3. The molecule has 0 aliphatic rings. The molecule has 0 saturated carbocycles. The monoisotopic (exact) mass is 315 g/mol. The predicted molar refractivity (Wildman–Crippen MR) is 77.0 cm³/mol. The van der Waals surface area contributed by atoms with Crippen molar-refractivity contribution in [3.05, 3.63) is 45.0 Å². The summed E-state index contributed by atoms with van der Waals surface area (Å²) < 4.78 is 37.7. The Hall–Kier alpha value is -2.09. The van der Waals surface area contributed by atoms with Gasteiger partial charge in [0.1, 0.15) is 0 Å². The summed E-state index contributed by atoms with van der Waals surface area (Å²) in [7, 11) is 0. The van der Waals surface area contributed by atoms with Crippen LogP contribution in [0.1, 0.15) is 13.3 Å². The molecule has 22 heavy (non-hydrogen) atoms. The summed E-state index contributed by atoms with van der Waals surface area (Å²) >= 11 is 0. The van der Waals surface area contributed by atoms with Gasteiger partial charge in [0.05, 0.1) is 23.7 Å². The number of nitrogens with zero attached hydrogens (tertiary/aromatic N) is 1. The maximum absolute atomic E-state index is 12.2. The summed E-state index contributed by atoms with van der Waals surface area (Å²) in [6.07, 6.45) is -5.18.